The van der Waals surface area contributed by atoms with E-state index in [9.17, 15) is 0 Å². The Balaban J connectivity index is 0. The molecule has 3 atom stereocenters. The van der Waals surface area contributed by atoms with Crippen LogP contribution in [0.4, 0.5) is 0 Å². The number of aliphatic hydroxyl groups excluding tert-OH is 4. The molecular weight excluding hydrogens is 225 g/mol. The zero-order valence-electron chi connectivity index (χ0n) is 6.09. The average Bonchev–Trinajstić information content (AvgIpc) is 1.87. The summed E-state index contributed by atoms with van der Waals surface area (Å²) in [7, 11) is 0. The van der Waals surface area contributed by atoms with Gasteiger partial charge in [-0.2, -0.15) is 0 Å². The van der Waals surface area contributed by atoms with Gasteiger partial charge in [0.1, 0.15) is 0 Å². The van der Waals surface area contributed by atoms with Gasteiger partial charge in [0, 0.05) is 38.8 Å². The van der Waals surface area contributed by atoms with Gasteiger partial charge in [0.2, 0.25) is 0 Å². The molecule has 1 unspecified atom stereocenters. The molecule has 0 bridgehead atoms. The van der Waals surface area contributed by atoms with Gasteiger partial charge in [-0.3, -0.25) is 6.42 Å². The first-order valence-electron chi connectivity index (χ1n) is 2.91. The van der Waals surface area contributed by atoms with Crippen LogP contribution in [0.1, 0.15) is 0 Å². The molecule has 65 valence electrons. The Hall–Kier alpha value is 0.944. The maximum absolute atomic E-state index is 8.82. The molecular formula is C6H12O4Y-2. The van der Waals surface area contributed by atoms with Crippen molar-refractivity contribution in [1.82, 2.24) is 0 Å². The van der Waals surface area contributed by atoms with Crippen molar-refractivity contribution in [1.29, 1.82) is 0 Å². The molecule has 4 nitrogen and oxygen atoms in total. The molecule has 0 saturated heterocycles. The van der Waals surface area contributed by atoms with Crippen LogP contribution in [0.25, 0.3) is 0 Å². The van der Waals surface area contributed by atoms with Gasteiger partial charge in [0.05, 0.1) is 0 Å². The third-order valence-electron chi connectivity index (χ3n) is 1.09. The van der Waals surface area contributed by atoms with Gasteiger partial charge in [0.25, 0.3) is 0 Å². The number of rotatable bonds is 4. The zero-order chi connectivity index (χ0) is 8.15. The summed E-state index contributed by atoms with van der Waals surface area (Å²) >= 11 is 0. The van der Waals surface area contributed by atoms with E-state index in [2.05, 4.69) is 6.92 Å². The number of hydrogen-bond acceptors (Lipinski definition) is 4. The largest absolute Gasteiger partial charge is 0.428 e. The number of hydrogen-bond donors (Lipinski definition) is 4. The smallest absolute Gasteiger partial charge is 0.0497 e. The molecule has 0 aliphatic carbocycles. The van der Waals surface area contributed by atoms with Crippen LogP contribution in [0, 0.1) is 13.3 Å². The second-order valence-corrected chi connectivity index (χ2v) is 1.97. The van der Waals surface area contributed by atoms with Crippen LogP contribution in [-0.4, -0.2) is 45.3 Å². The predicted molar refractivity (Wildman–Crippen MR) is 34.8 cm³/mol. The molecule has 0 aromatic carbocycles. The van der Waals surface area contributed by atoms with Gasteiger partial charge in [-0.15, -0.1) is 0 Å². The van der Waals surface area contributed by atoms with Crippen molar-refractivity contribution in [2.24, 2.45) is 0 Å². The Morgan fingerprint density at radius 3 is 2.00 bits per heavy atom. The fourth-order valence-corrected chi connectivity index (χ4v) is 0.475. The maximum atomic E-state index is 8.82. The molecule has 0 saturated carbocycles. The first-order chi connectivity index (χ1) is 4.59. The zero-order valence-corrected chi connectivity index (χ0v) is 8.93. The molecule has 0 spiro atoms. The normalized spacial score (nSPS) is 18.3. The molecule has 0 aromatic heterocycles. The third kappa shape index (κ3) is 6.14. The summed E-state index contributed by atoms with van der Waals surface area (Å²) in [5, 5.41) is 34.5. The molecule has 1 radical (unpaired) electrons. The monoisotopic (exact) mass is 237 g/mol. The molecule has 0 fully saturated rings. The fourth-order valence-electron chi connectivity index (χ4n) is 0.475. The second-order valence-electron chi connectivity index (χ2n) is 1.97. The van der Waals surface area contributed by atoms with E-state index >= 15 is 0 Å². The molecule has 0 amide bonds. The summed E-state index contributed by atoms with van der Waals surface area (Å²) in [6.45, 7) is 2.74. The maximum Gasteiger partial charge on any atom is 0.0497 e. The van der Waals surface area contributed by atoms with Crippen LogP contribution in [-0.2, 0) is 32.7 Å². The Labute approximate surface area is 91.1 Å². The van der Waals surface area contributed by atoms with E-state index in [1.165, 1.54) is 0 Å². The molecule has 4 N–H and O–H groups in total. The Morgan fingerprint density at radius 1 is 1.27 bits per heavy atom. The van der Waals surface area contributed by atoms with Gasteiger partial charge < -0.3 is 27.3 Å². The summed E-state index contributed by atoms with van der Waals surface area (Å²) in [4.78, 5) is 0. The molecule has 11 heavy (non-hydrogen) atoms. The Bertz CT molecular complexity index is 88.7. The van der Waals surface area contributed by atoms with Crippen LogP contribution >= 0.6 is 0 Å². The van der Waals surface area contributed by atoms with Crippen molar-refractivity contribution in [2.75, 3.05) is 6.61 Å². The van der Waals surface area contributed by atoms with Crippen molar-refractivity contribution in [3.8, 4) is 0 Å². The molecule has 0 aliphatic rings. The van der Waals surface area contributed by atoms with Crippen molar-refractivity contribution < 1.29 is 53.1 Å². The summed E-state index contributed by atoms with van der Waals surface area (Å²) in [5.74, 6) is 0. The molecule has 5 heteroatoms. The van der Waals surface area contributed by atoms with E-state index < -0.39 is 18.3 Å². The quantitative estimate of drug-likeness (QED) is 0.430. The summed E-state index contributed by atoms with van der Waals surface area (Å²) in [5.41, 5.74) is 0. The van der Waals surface area contributed by atoms with E-state index in [0.717, 1.165) is 6.42 Å². The van der Waals surface area contributed by atoms with Gasteiger partial charge in [-0.05, 0) is 12.2 Å². The summed E-state index contributed by atoms with van der Waals surface area (Å²) in [6, 6.07) is 0. The minimum absolute atomic E-state index is 0. The minimum Gasteiger partial charge on any atom is -0.428 e. The van der Waals surface area contributed by atoms with Crippen LogP contribution in [0.3, 0.4) is 0 Å². The summed E-state index contributed by atoms with van der Waals surface area (Å²) in [6.07, 6.45) is -2.72. The Morgan fingerprint density at radius 2 is 1.73 bits per heavy atom. The van der Waals surface area contributed by atoms with Gasteiger partial charge in [0.15, 0.2) is 0 Å². The predicted octanol–water partition coefficient (Wildman–Crippen LogP) is -1.90. The third-order valence-corrected chi connectivity index (χ3v) is 1.09. The minimum atomic E-state index is -1.33. The van der Waals surface area contributed by atoms with Gasteiger partial charge in [-0.1, -0.05) is 6.61 Å². The van der Waals surface area contributed by atoms with E-state index in [-0.39, 0.29) is 39.3 Å². The fraction of sp³-hybridized carbons (Fsp3) is 0.667. The molecule has 0 aliphatic heterocycles. The van der Waals surface area contributed by atoms with E-state index in [1.54, 1.807) is 0 Å². The number of aliphatic hydroxyl groups is 4. The van der Waals surface area contributed by atoms with E-state index in [0.29, 0.717) is 0 Å². The first-order valence-corrected chi connectivity index (χ1v) is 2.91. The van der Waals surface area contributed by atoms with Crippen LogP contribution in [0.15, 0.2) is 0 Å². The van der Waals surface area contributed by atoms with Crippen molar-refractivity contribution >= 4 is 0 Å². The Kier molecular flexibility index (Phi) is 9.98. The standard InChI is InChI=1S/C6H12O4.Y/c1-4(8)6(10)5(9)2-3-7;/h2,4-10H,1,3H2;/q-2;/t4?,5-,6+;/m1./s1. The first kappa shape index (κ1) is 14.5. The van der Waals surface area contributed by atoms with E-state index in [1.807, 2.05) is 0 Å². The molecule has 0 heterocycles. The van der Waals surface area contributed by atoms with Crippen LogP contribution in [0.2, 0.25) is 0 Å². The van der Waals surface area contributed by atoms with E-state index in [4.69, 9.17) is 20.4 Å². The molecule has 0 rings (SSSR count). The van der Waals surface area contributed by atoms with Crippen LogP contribution < -0.4 is 0 Å². The summed E-state index contributed by atoms with van der Waals surface area (Å²) < 4.78 is 0. The van der Waals surface area contributed by atoms with Crippen LogP contribution in [0.5, 0.6) is 0 Å². The SMILES string of the molecule is [CH2-]C(O)[C@H](O)[C@H](O)[CH-]CO.[Y]. The van der Waals surface area contributed by atoms with Gasteiger partial charge in [-0.25, -0.2) is 0 Å². The van der Waals surface area contributed by atoms with Crippen molar-refractivity contribution in [2.45, 2.75) is 18.3 Å². The van der Waals surface area contributed by atoms with Crippen molar-refractivity contribution in [3.63, 3.8) is 0 Å². The topological polar surface area (TPSA) is 80.9 Å². The molecule has 0 aromatic rings. The average molecular weight is 237 g/mol. The van der Waals surface area contributed by atoms with Gasteiger partial charge >= 0.3 is 0 Å². The van der Waals surface area contributed by atoms with Crippen molar-refractivity contribution in [3.05, 3.63) is 13.3 Å². The second kappa shape index (κ2) is 7.59.